The normalized spacial score (nSPS) is 10.5. The molecule has 0 aliphatic carbocycles. The zero-order valence-electron chi connectivity index (χ0n) is 11.1. The zero-order valence-corrected chi connectivity index (χ0v) is 11.9. The third kappa shape index (κ3) is 3.38. The van der Waals surface area contributed by atoms with E-state index in [1.54, 1.807) is 19.2 Å². The van der Waals surface area contributed by atoms with Crippen molar-refractivity contribution in [1.29, 1.82) is 0 Å². The maximum atomic E-state index is 10.9. The molecule has 2 aromatic rings. The van der Waals surface area contributed by atoms with Crippen LogP contribution in [0.4, 0.5) is 0 Å². The van der Waals surface area contributed by atoms with Crippen LogP contribution in [0.25, 0.3) is 11.1 Å². The van der Waals surface area contributed by atoms with Crippen molar-refractivity contribution in [3.63, 3.8) is 0 Å². The van der Waals surface area contributed by atoms with E-state index >= 15 is 0 Å². The van der Waals surface area contributed by atoms with Gasteiger partial charge >= 0.3 is 5.97 Å². The Hall–Kier alpha value is -1.84. The maximum Gasteiger partial charge on any atom is 0.335 e. The van der Waals surface area contributed by atoms with Crippen molar-refractivity contribution in [2.24, 2.45) is 0 Å². The standard InChI is InChI=1S/C16H15ClO3/c1-20-9-8-11-2-4-12(5-3-11)14-7-6-13(16(18)19)10-15(14)17/h2-7,10H,8-9H2,1H3,(H,18,19). The fourth-order valence-corrected chi connectivity index (χ4v) is 2.24. The van der Waals surface area contributed by atoms with E-state index in [2.05, 4.69) is 0 Å². The lowest BCUT2D eigenvalue weighted by molar-refractivity contribution is 0.0697. The Morgan fingerprint density at radius 3 is 2.45 bits per heavy atom. The third-order valence-electron chi connectivity index (χ3n) is 3.08. The third-order valence-corrected chi connectivity index (χ3v) is 3.39. The van der Waals surface area contributed by atoms with Crippen molar-refractivity contribution in [3.05, 3.63) is 58.6 Å². The predicted octanol–water partition coefficient (Wildman–Crippen LogP) is 3.89. The molecule has 0 saturated heterocycles. The molecular formula is C16H15ClO3. The molecule has 0 amide bonds. The highest BCUT2D eigenvalue weighted by Crippen LogP contribution is 2.29. The Morgan fingerprint density at radius 1 is 1.20 bits per heavy atom. The number of carboxylic acid groups (broad SMARTS) is 1. The number of carboxylic acids is 1. The van der Waals surface area contributed by atoms with Crippen LogP contribution in [-0.2, 0) is 11.2 Å². The summed E-state index contributed by atoms with van der Waals surface area (Å²) in [5.41, 5.74) is 3.17. The fourth-order valence-electron chi connectivity index (χ4n) is 1.95. The molecule has 0 bridgehead atoms. The van der Waals surface area contributed by atoms with Crippen LogP contribution in [-0.4, -0.2) is 24.8 Å². The van der Waals surface area contributed by atoms with E-state index < -0.39 is 5.97 Å². The largest absolute Gasteiger partial charge is 0.478 e. The molecule has 0 fully saturated rings. The lowest BCUT2D eigenvalue weighted by Gasteiger charge is -2.07. The summed E-state index contributed by atoms with van der Waals surface area (Å²) in [4.78, 5) is 10.9. The summed E-state index contributed by atoms with van der Waals surface area (Å²) in [6.07, 6.45) is 0.864. The van der Waals surface area contributed by atoms with E-state index in [4.69, 9.17) is 21.4 Å². The van der Waals surface area contributed by atoms with Crippen LogP contribution in [0.2, 0.25) is 5.02 Å². The van der Waals surface area contributed by atoms with Crippen LogP contribution in [0.5, 0.6) is 0 Å². The number of hydrogen-bond donors (Lipinski definition) is 1. The molecule has 0 aromatic heterocycles. The Bertz CT molecular complexity index is 606. The van der Waals surface area contributed by atoms with Gasteiger partial charge in [-0.25, -0.2) is 4.79 Å². The first-order valence-corrected chi connectivity index (χ1v) is 6.60. The number of aromatic carboxylic acids is 1. The number of halogens is 1. The van der Waals surface area contributed by atoms with Crippen molar-refractivity contribution in [2.45, 2.75) is 6.42 Å². The van der Waals surface area contributed by atoms with Gasteiger partial charge in [0.05, 0.1) is 12.2 Å². The molecule has 2 aromatic carbocycles. The number of rotatable bonds is 5. The minimum atomic E-state index is -0.978. The molecule has 0 spiro atoms. The quantitative estimate of drug-likeness (QED) is 0.908. The average Bonchev–Trinajstić information content (AvgIpc) is 2.45. The summed E-state index contributed by atoms with van der Waals surface area (Å²) in [6.45, 7) is 0.688. The SMILES string of the molecule is COCCc1ccc(-c2ccc(C(=O)O)cc2Cl)cc1. The Morgan fingerprint density at radius 2 is 1.90 bits per heavy atom. The first-order valence-electron chi connectivity index (χ1n) is 6.23. The van der Waals surface area contributed by atoms with Crippen LogP contribution in [0.1, 0.15) is 15.9 Å². The van der Waals surface area contributed by atoms with Crippen molar-refractivity contribution in [2.75, 3.05) is 13.7 Å². The van der Waals surface area contributed by atoms with Gasteiger partial charge in [0.15, 0.2) is 0 Å². The van der Waals surface area contributed by atoms with Crippen molar-refractivity contribution in [3.8, 4) is 11.1 Å². The van der Waals surface area contributed by atoms with Gasteiger partial charge in [0.1, 0.15) is 0 Å². The summed E-state index contributed by atoms with van der Waals surface area (Å²) in [7, 11) is 1.68. The molecule has 0 saturated carbocycles. The topological polar surface area (TPSA) is 46.5 Å². The van der Waals surface area contributed by atoms with Crippen LogP contribution in [0.3, 0.4) is 0 Å². The first kappa shape index (κ1) is 14.6. The molecule has 1 N–H and O–H groups in total. The molecule has 0 heterocycles. The monoisotopic (exact) mass is 290 g/mol. The highest BCUT2D eigenvalue weighted by atomic mass is 35.5. The maximum absolute atomic E-state index is 10.9. The first-order chi connectivity index (χ1) is 9.61. The molecule has 0 atom stereocenters. The van der Waals surface area contributed by atoms with Crippen molar-refractivity contribution < 1.29 is 14.6 Å². The highest BCUT2D eigenvalue weighted by molar-refractivity contribution is 6.33. The number of methoxy groups -OCH3 is 1. The van der Waals surface area contributed by atoms with E-state index in [1.807, 2.05) is 24.3 Å². The lowest BCUT2D eigenvalue weighted by Crippen LogP contribution is -1.96. The van der Waals surface area contributed by atoms with E-state index in [1.165, 1.54) is 11.6 Å². The zero-order chi connectivity index (χ0) is 14.5. The van der Waals surface area contributed by atoms with Gasteiger partial charge in [-0.05, 0) is 29.7 Å². The van der Waals surface area contributed by atoms with Gasteiger partial charge in [0.2, 0.25) is 0 Å². The molecule has 0 aliphatic rings. The Labute approximate surface area is 122 Å². The predicted molar refractivity (Wildman–Crippen MR) is 79.4 cm³/mol. The molecule has 2 rings (SSSR count). The lowest BCUT2D eigenvalue weighted by atomic mass is 10.0. The van der Waals surface area contributed by atoms with E-state index in [0.717, 1.165) is 17.5 Å². The van der Waals surface area contributed by atoms with Gasteiger partial charge in [-0.3, -0.25) is 0 Å². The van der Waals surface area contributed by atoms with Gasteiger partial charge in [-0.1, -0.05) is 41.9 Å². The summed E-state index contributed by atoms with van der Waals surface area (Å²) in [6, 6.07) is 12.8. The number of ether oxygens (including phenoxy) is 1. The molecule has 3 nitrogen and oxygen atoms in total. The smallest absolute Gasteiger partial charge is 0.335 e. The van der Waals surface area contributed by atoms with Crippen molar-refractivity contribution in [1.82, 2.24) is 0 Å². The highest BCUT2D eigenvalue weighted by Gasteiger charge is 2.08. The molecule has 20 heavy (non-hydrogen) atoms. The van der Waals surface area contributed by atoms with E-state index in [-0.39, 0.29) is 5.56 Å². The summed E-state index contributed by atoms with van der Waals surface area (Å²) >= 11 is 6.15. The average molecular weight is 291 g/mol. The van der Waals surface area contributed by atoms with E-state index in [9.17, 15) is 4.79 Å². The molecular weight excluding hydrogens is 276 g/mol. The van der Waals surface area contributed by atoms with Gasteiger partial charge in [-0.15, -0.1) is 0 Å². The van der Waals surface area contributed by atoms with Crippen LogP contribution >= 0.6 is 11.6 Å². The van der Waals surface area contributed by atoms with Gasteiger partial charge in [0, 0.05) is 17.7 Å². The summed E-state index contributed by atoms with van der Waals surface area (Å²) < 4.78 is 5.04. The number of carbonyl (C=O) groups is 1. The fraction of sp³-hybridized carbons (Fsp3) is 0.188. The second kappa shape index (κ2) is 6.55. The van der Waals surface area contributed by atoms with Crippen LogP contribution in [0, 0.1) is 0 Å². The Balaban J connectivity index is 2.25. The molecule has 4 heteroatoms. The van der Waals surface area contributed by atoms with Gasteiger partial charge in [0.25, 0.3) is 0 Å². The van der Waals surface area contributed by atoms with Crippen LogP contribution < -0.4 is 0 Å². The molecule has 0 aliphatic heterocycles. The molecule has 104 valence electrons. The van der Waals surface area contributed by atoms with Gasteiger partial charge in [-0.2, -0.15) is 0 Å². The van der Waals surface area contributed by atoms with E-state index in [0.29, 0.717) is 11.6 Å². The summed E-state index contributed by atoms with van der Waals surface area (Å²) in [5.74, 6) is -0.978. The van der Waals surface area contributed by atoms with Crippen molar-refractivity contribution >= 4 is 17.6 Å². The molecule has 0 radical (unpaired) electrons. The number of hydrogen-bond acceptors (Lipinski definition) is 2. The summed E-state index contributed by atoms with van der Waals surface area (Å²) in [5, 5.41) is 9.36. The minimum Gasteiger partial charge on any atom is -0.478 e. The van der Waals surface area contributed by atoms with Gasteiger partial charge < -0.3 is 9.84 Å². The minimum absolute atomic E-state index is 0.190. The van der Waals surface area contributed by atoms with Crippen LogP contribution in [0.15, 0.2) is 42.5 Å². The number of benzene rings is 2. The Kier molecular flexibility index (Phi) is 4.77. The second-order valence-corrected chi connectivity index (χ2v) is 4.85. The second-order valence-electron chi connectivity index (χ2n) is 4.44. The molecule has 0 unspecified atom stereocenters.